The van der Waals surface area contributed by atoms with Crippen LogP contribution in [0.15, 0.2) is 0 Å². The minimum atomic E-state index is -3.21. The average Bonchev–Trinajstić information content (AvgIpc) is 2.63. The topological polar surface area (TPSA) is 95.0 Å². The summed E-state index contributed by atoms with van der Waals surface area (Å²) >= 11 is 0. The van der Waals surface area contributed by atoms with Crippen LogP contribution in [0.25, 0.3) is 0 Å². The first-order valence-electron chi connectivity index (χ1n) is 9.06. The molecule has 0 saturated carbocycles. The molecule has 4 unspecified atom stereocenters. The number of aliphatic hydroxyl groups excluding tert-OH is 1. The van der Waals surface area contributed by atoms with Gasteiger partial charge in [-0.2, -0.15) is 0 Å². The SMILES string of the molecule is CN1CC(P)OC(COP(=O)(N(C)C)N2CCN(C(=O)OCCO)CC2)C1. The minimum absolute atomic E-state index is 0.0229. The van der Waals surface area contributed by atoms with E-state index < -0.39 is 13.8 Å². The van der Waals surface area contributed by atoms with Gasteiger partial charge >= 0.3 is 13.8 Å². The van der Waals surface area contributed by atoms with Crippen molar-refractivity contribution in [2.24, 2.45) is 0 Å². The Kier molecular flexibility index (Phi) is 8.90. The van der Waals surface area contributed by atoms with Gasteiger partial charge in [-0.25, -0.2) is 14.1 Å². The van der Waals surface area contributed by atoms with Crippen molar-refractivity contribution in [1.82, 2.24) is 19.1 Å². The number of nitrogens with zero attached hydrogens (tertiary/aromatic N) is 4. The molecule has 0 spiro atoms. The summed E-state index contributed by atoms with van der Waals surface area (Å²) in [5.41, 5.74) is 0. The van der Waals surface area contributed by atoms with Crippen molar-refractivity contribution >= 4 is 23.0 Å². The predicted molar refractivity (Wildman–Crippen MR) is 105 cm³/mol. The van der Waals surface area contributed by atoms with E-state index in [9.17, 15) is 9.36 Å². The van der Waals surface area contributed by atoms with Crippen LogP contribution in [0.3, 0.4) is 0 Å². The summed E-state index contributed by atoms with van der Waals surface area (Å²) in [6.07, 6.45) is -0.608. The average molecular weight is 426 g/mol. The van der Waals surface area contributed by atoms with Gasteiger partial charge in [0, 0.05) is 39.3 Å². The number of carbonyl (C=O) groups is 1. The Morgan fingerprint density at radius 1 is 1.30 bits per heavy atom. The fourth-order valence-electron chi connectivity index (χ4n) is 3.14. The maximum atomic E-state index is 13.5. The van der Waals surface area contributed by atoms with Crippen molar-refractivity contribution in [3.05, 3.63) is 0 Å². The largest absolute Gasteiger partial charge is 0.447 e. The van der Waals surface area contributed by atoms with Gasteiger partial charge in [-0.3, -0.25) is 4.57 Å². The smallest absolute Gasteiger partial charge is 0.409 e. The van der Waals surface area contributed by atoms with Gasteiger partial charge in [-0.1, -0.05) is 0 Å². The molecule has 2 saturated heterocycles. The van der Waals surface area contributed by atoms with Crippen molar-refractivity contribution in [1.29, 1.82) is 0 Å². The highest BCUT2D eigenvalue weighted by atomic mass is 31.2. The van der Waals surface area contributed by atoms with Crippen LogP contribution in [0, 0.1) is 0 Å². The summed E-state index contributed by atoms with van der Waals surface area (Å²) in [4.78, 5) is 15.6. The molecular weight excluding hydrogens is 394 g/mol. The Bertz CT molecular complexity index is 522. The van der Waals surface area contributed by atoms with Crippen LogP contribution in [0.5, 0.6) is 0 Å². The number of hydrogen-bond acceptors (Lipinski definition) is 7. The molecule has 0 radical (unpaired) electrons. The van der Waals surface area contributed by atoms with Crippen LogP contribution in [0.4, 0.5) is 4.79 Å². The third-order valence-corrected chi connectivity index (χ3v) is 7.48. The number of rotatable bonds is 7. The van der Waals surface area contributed by atoms with Crippen LogP contribution >= 0.6 is 16.9 Å². The first-order chi connectivity index (χ1) is 12.8. The summed E-state index contributed by atoms with van der Waals surface area (Å²) in [5, 5.41) is 8.75. The molecule has 27 heavy (non-hydrogen) atoms. The normalized spacial score (nSPS) is 27.6. The van der Waals surface area contributed by atoms with Crippen molar-refractivity contribution in [3.63, 3.8) is 0 Å². The third kappa shape index (κ3) is 6.34. The zero-order valence-electron chi connectivity index (χ0n) is 16.3. The van der Waals surface area contributed by atoms with Gasteiger partial charge in [0.2, 0.25) is 0 Å². The Morgan fingerprint density at radius 3 is 2.52 bits per heavy atom. The monoisotopic (exact) mass is 426 g/mol. The van der Waals surface area contributed by atoms with E-state index in [4.69, 9.17) is 19.1 Å². The van der Waals surface area contributed by atoms with E-state index in [0.29, 0.717) is 26.2 Å². The molecule has 0 aromatic carbocycles. The minimum Gasteiger partial charge on any atom is -0.447 e. The number of amides is 1. The van der Waals surface area contributed by atoms with Gasteiger partial charge in [-0.05, 0) is 21.1 Å². The number of ether oxygens (including phenoxy) is 2. The number of piperazine rings is 1. The number of hydrogen-bond donors (Lipinski definition) is 1. The molecule has 2 fully saturated rings. The van der Waals surface area contributed by atoms with E-state index in [1.54, 1.807) is 28.3 Å². The molecule has 10 nitrogen and oxygen atoms in total. The standard InChI is InChI=1S/C15H32N4O6P2/c1-16(2)27(22,24-12-13-10-17(3)11-14(26)25-13)19-6-4-18(5-7-19)15(21)23-9-8-20/h13-14,20H,4-12,26H2,1-3H3. The summed E-state index contributed by atoms with van der Waals surface area (Å²) in [6, 6.07) is 0. The lowest BCUT2D eigenvalue weighted by Gasteiger charge is -2.41. The second-order valence-electron chi connectivity index (χ2n) is 6.93. The van der Waals surface area contributed by atoms with E-state index >= 15 is 0 Å². The molecule has 12 heteroatoms. The highest BCUT2D eigenvalue weighted by molar-refractivity contribution is 7.53. The van der Waals surface area contributed by atoms with Gasteiger partial charge in [0.15, 0.2) is 0 Å². The molecular formula is C15H32N4O6P2. The summed E-state index contributed by atoms with van der Waals surface area (Å²) < 4.78 is 33.6. The molecule has 4 atom stereocenters. The molecule has 0 aliphatic carbocycles. The fraction of sp³-hybridized carbons (Fsp3) is 0.933. The summed E-state index contributed by atoms with van der Waals surface area (Å²) in [6.45, 7) is 3.19. The molecule has 0 bridgehead atoms. The maximum Gasteiger partial charge on any atom is 0.409 e. The molecule has 2 heterocycles. The number of carbonyl (C=O) groups excluding carboxylic acids is 1. The molecule has 2 aliphatic heterocycles. The van der Waals surface area contributed by atoms with Gasteiger partial charge in [0.1, 0.15) is 6.61 Å². The van der Waals surface area contributed by atoms with Gasteiger partial charge < -0.3 is 28.9 Å². The van der Waals surface area contributed by atoms with Crippen LogP contribution in [-0.2, 0) is 18.6 Å². The highest BCUT2D eigenvalue weighted by Crippen LogP contribution is 2.53. The van der Waals surface area contributed by atoms with Crippen molar-refractivity contribution in [2.75, 3.05) is 80.2 Å². The van der Waals surface area contributed by atoms with E-state index in [-0.39, 0.29) is 31.8 Å². The van der Waals surface area contributed by atoms with E-state index in [1.165, 1.54) is 0 Å². The Hall–Kier alpha value is -0.310. The maximum absolute atomic E-state index is 13.5. The second kappa shape index (κ2) is 10.5. The van der Waals surface area contributed by atoms with Crippen LogP contribution in [-0.4, -0.2) is 123 Å². The molecule has 0 aromatic rings. The van der Waals surface area contributed by atoms with Crippen molar-refractivity contribution in [2.45, 2.75) is 11.9 Å². The molecule has 1 amide bonds. The van der Waals surface area contributed by atoms with E-state index in [1.807, 2.05) is 7.05 Å². The van der Waals surface area contributed by atoms with Crippen molar-refractivity contribution < 1.29 is 28.5 Å². The number of aliphatic hydroxyl groups is 1. The molecule has 2 aliphatic rings. The molecule has 1 N–H and O–H groups in total. The summed E-state index contributed by atoms with van der Waals surface area (Å²) in [7, 11) is 4.93. The Morgan fingerprint density at radius 2 is 1.96 bits per heavy atom. The Balaban J connectivity index is 1.90. The van der Waals surface area contributed by atoms with Crippen LogP contribution in [0.1, 0.15) is 0 Å². The van der Waals surface area contributed by atoms with Gasteiger partial charge in [-0.15, -0.1) is 9.24 Å². The lowest BCUT2D eigenvalue weighted by atomic mass is 10.3. The fourth-order valence-corrected chi connectivity index (χ4v) is 5.67. The molecule has 2 rings (SSSR count). The first kappa shape index (κ1) is 23.0. The lowest BCUT2D eigenvalue weighted by Crippen LogP contribution is -2.49. The predicted octanol–water partition coefficient (Wildman–Crippen LogP) is -0.0490. The van der Waals surface area contributed by atoms with E-state index in [0.717, 1.165) is 13.1 Å². The first-order valence-corrected chi connectivity index (χ1v) is 11.3. The number of likely N-dealkylation sites (N-methyl/N-ethyl adjacent to an activating group) is 1. The quantitative estimate of drug-likeness (QED) is 0.563. The zero-order valence-corrected chi connectivity index (χ0v) is 18.4. The van der Waals surface area contributed by atoms with Crippen LogP contribution in [0.2, 0.25) is 0 Å². The van der Waals surface area contributed by atoms with Gasteiger partial charge in [0.05, 0.1) is 25.2 Å². The Labute approximate surface area is 163 Å². The highest BCUT2D eigenvalue weighted by Gasteiger charge is 2.39. The third-order valence-electron chi connectivity index (χ3n) is 4.50. The molecule has 0 aromatic heterocycles. The zero-order chi connectivity index (χ0) is 20.0. The van der Waals surface area contributed by atoms with Crippen LogP contribution < -0.4 is 0 Å². The van der Waals surface area contributed by atoms with Gasteiger partial charge in [0.25, 0.3) is 0 Å². The van der Waals surface area contributed by atoms with E-state index in [2.05, 4.69) is 14.1 Å². The lowest BCUT2D eigenvalue weighted by molar-refractivity contribution is -0.0588. The van der Waals surface area contributed by atoms with Crippen molar-refractivity contribution in [3.8, 4) is 0 Å². The molecule has 158 valence electrons. The summed E-state index contributed by atoms with van der Waals surface area (Å²) in [5.74, 6) is 0.0320. The number of morpholine rings is 1. The second-order valence-corrected chi connectivity index (χ2v) is 10.3.